The van der Waals surface area contributed by atoms with E-state index in [2.05, 4.69) is 35.0 Å². The van der Waals surface area contributed by atoms with Crippen LogP contribution in [0.5, 0.6) is 0 Å². The average Bonchev–Trinajstić information content (AvgIpc) is 2.85. The maximum atomic E-state index is 5.16. The van der Waals surface area contributed by atoms with Crippen LogP contribution in [0.4, 0.5) is 5.69 Å². The van der Waals surface area contributed by atoms with Gasteiger partial charge in [0.25, 0.3) is 0 Å². The molecule has 18 heavy (non-hydrogen) atoms. The van der Waals surface area contributed by atoms with E-state index in [4.69, 9.17) is 4.74 Å². The van der Waals surface area contributed by atoms with Crippen molar-refractivity contribution in [3.05, 3.63) is 42.0 Å². The third-order valence-corrected chi connectivity index (χ3v) is 3.33. The molecule has 1 aromatic carbocycles. The number of benzene rings is 1. The summed E-state index contributed by atoms with van der Waals surface area (Å²) in [5, 5.41) is 3.49. The van der Waals surface area contributed by atoms with E-state index in [1.54, 1.807) is 7.11 Å². The molecule has 1 aliphatic rings. The normalized spacial score (nSPS) is 13.4. The monoisotopic (exact) mass is 246 g/mol. The fourth-order valence-electron chi connectivity index (χ4n) is 2.42. The molecule has 0 aliphatic carbocycles. The predicted octanol–water partition coefficient (Wildman–Crippen LogP) is 2.29. The molecule has 1 N–H and O–H groups in total. The molecule has 0 atom stereocenters. The quantitative estimate of drug-likeness (QED) is 0.747. The van der Waals surface area contributed by atoms with E-state index in [9.17, 15) is 0 Å². The van der Waals surface area contributed by atoms with Crippen molar-refractivity contribution in [2.24, 2.45) is 0 Å². The minimum Gasteiger partial charge on any atom is -0.384 e. The number of anilines is 1. The summed E-state index contributed by atoms with van der Waals surface area (Å²) in [5.41, 5.74) is 4.16. The van der Waals surface area contributed by atoms with Crippen LogP contribution < -0.4 is 5.32 Å². The first-order valence-corrected chi connectivity index (χ1v) is 6.52. The Morgan fingerprint density at radius 2 is 2.39 bits per heavy atom. The molecule has 1 aromatic rings. The Kier molecular flexibility index (Phi) is 4.79. The molecule has 1 aliphatic heterocycles. The molecule has 98 valence electrons. The Labute approximate surface area is 109 Å². The van der Waals surface area contributed by atoms with Crippen LogP contribution >= 0.6 is 0 Å². The van der Waals surface area contributed by atoms with Crippen molar-refractivity contribution in [2.75, 3.05) is 38.7 Å². The number of fused-ring (bicyclic) bond motifs is 1. The lowest BCUT2D eigenvalue weighted by Gasteiger charge is -2.21. The molecule has 0 radical (unpaired) electrons. The van der Waals surface area contributed by atoms with Gasteiger partial charge in [0.15, 0.2) is 0 Å². The van der Waals surface area contributed by atoms with E-state index < -0.39 is 0 Å². The van der Waals surface area contributed by atoms with Crippen LogP contribution in [-0.2, 0) is 17.7 Å². The Morgan fingerprint density at radius 1 is 1.50 bits per heavy atom. The molecule has 0 unspecified atom stereocenters. The molecule has 1 heterocycles. The molecule has 0 fully saturated rings. The van der Waals surface area contributed by atoms with Crippen LogP contribution in [0.1, 0.15) is 11.1 Å². The molecule has 3 nitrogen and oxygen atoms in total. The number of para-hydroxylation sites is 1. The number of nitrogens with one attached hydrogen (secondary N) is 1. The largest absolute Gasteiger partial charge is 0.384 e. The zero-order valence-electron chi connectivity index (χ0n) is 11.1. The van der Waals surface area contributed by atoms with Crippen LogP contribution in [0.15, 0.2) is 30.9 Å². The Balaban J connectivity index is 2.06. The first kappa shape index (κ1) is 13.1. The number of methoxy groups -OCH3 is 1. The summed E-state index contributed by atoms with van der Waals surface area (Å²) in [6.07, 6.45) is 3.09. The highest BCUT2D eigenvalue weighted by Crippen LogP contribution is 2.27. The zero-order valence-corrected chi connectivity index (χ0v) is 11.1. The lowest BCUT2D eigenvalue weighted by atomic mass is 10.1. The van der Waals surface area contributed by atoms with Crippen LogP contribution in [0.25, 0.3) is 0 Å². The van der Waals surface area contributed by atoms with E-state index in [1.807, 2.05) is 6.08 Å². The van der Waals surface area contributed by atoms with Crippen molar-refractivity contribution in [3.63, 3.8) is 0 Å². The minimum atomic E-state index is 0.760. The highest BCUT2D eigenvalue weighted by molar-refractivity contribution is 5.61. The highest BCUT2D eigenvalue weighted by atomic mass is 16.5. The molecule has 0 saturated heterocycles. The van der Waals surface area contributed by atoms with Gasteiger partial charge in [0.2, 0.25) is 0 Å². The summed E-state index contributed by atoms with van der Waals surface area (Å²) in [4.78, 5) is 2.35. The predicted molar refractivity (Wildman–Crippen MR) is 76.0 cm³/mol. The van der Waals surface area contributed by atoms with Crippen molar-refractivity contribution in [2.45, 2.75) is 13.0 Å². The van der Waals surface area contributed by atoms with E-state index in [-0.39, 0.29) is 0 Å². The van der Waals surface area contributed by atoms with Gasteiger partial charge in [-0.2, -0.15) is 0 Å². The Morgan fingerprint density at radius 3 is 3.17 bits per heavy atom. The maximum absolute atomic E-state index is 5.16. The first-order valence-electron chi connectivity index (χ1n) is 6.52. The molecule has 0 spiro atoms. The van der Waals surface area contributed by atoms with Gasteiger partial charge in [0.05, 0.1) is 6.61 Å². The van der Waals surface area contributed by atoms with Crippen LogP contribution in [0, 0.1) is 0 Å². The van der Waals surface area contributed by atoms with Gasteiger partial charge >= 0.3 is 0 Å². The summed E-state index contributed by atoms with van der Waals surface area (Å²) in [6, 6.07) is 6.58. The van der Waals surface area contributed by atoms with Gasteiger partial charge < -0.3 is 10.1 Å². The second-order valence-corrected chi connectivity index (χ2v) is 4.64. The van der Waals surface area contributed by atoms with Crippen molar-refractivity contribution < 1.29 is 4.74 Å². The van der Waals surface area contributed by atoms with Crippen molar-refractivity contribution >= 4 is 5.69 Å². The molecule has 2 rings (SSSR count). The summed E-state index contributed by atoms with van der Waals surface area (Å²) < 4.78 is 5.16. The fourth-order valence-corrected chi connectivity index (χ4v) is 2.42. The third-order valence-electron chi connectivity index (χ3n) is 3.33. The first-order chi connectivity index (χ1) is 8.85. The summed E-state index contributed by atoms with van der Waals surface area (Å²) in [5.74, 6) is 0. The third kappa shape index (κ3) is 3.12. The van der Waals surface area contributed by atoms with Gasteiger partial charge in [-0.05, 0) is 17.5 Å². The van der Waals surface area contributed by atoms with E-state index in [0.717, 1.165) is 39.2 Å². The van der Waals surface area contributed by atoms with Gasteiger partial charge in [-0.15, -0.1) is 6.58 Å². The van der Waals surface area contributed by atoms with Gasteiger partial charge in [-0.1, -0.05) is 24.3 Å². The molecule has 0 amide bonds. The standard InChI is InChI=1S/C15H22N2O/c1-3-9-17(10-11-18-2)12-14-6-4-5-13-7-8-16-15(13)14/h3-6,16H,1,7-12H2,2H3. The number of hydrogen-bond acceptors (Lipinski definition) is 3. The second-order valence-electron chi connectivity index (χ2n) is 4.64. The fraction of sp³-hybridized carbons (Fsp3) is 0.467. The van der Waals surface area contributed by atoms with Crippen LogP contribution in [0.3, 0.4) is 0 Å². The Bertz CT molecular complexity index is 403. The molecule has 0 saturated carbocycles. The number of ether oxygens (including phenoxy) is 1. The maximum Gasteiger partial charge on any atom is 0.0589 e. The van der Waals surface area contributed by atoms with Crippen molar-refractivity contribution in [1.29, 1.82) is 0 Å². The van der Waals surface area contributed by atoms with Crippen LogP contribution in [-0.4, -0.2) is 38.3 Å². The van der Waals surface area contributed by atoms with Gasteiger partial charge in [-0.25, -0.2) is 0 Å². The smallest absolute Gasteiger partial charge is 0.0589 e. The summed E-state index contributed by atoms with van der Waals surface area (Å²) in [6.45, 7) is 8.43. The van der Waals surface area contributed by atoms with Crippen molar-refractivity contribution in [3.8, 4) is 0 Å². The molecular weight excluding hydrogens is 224 g/mol. The number of hydrogen-bond donors (Lipinski definition) is 1. The lowest BCUT2D eigenvalue weighted by molar-refractivity contribution is 0.151. The van der Waals surface area contributed by atoms with E-state index in [1.165, 1.54) is 16.8 Å². The van der Waals surface area contributed by atoms with E-state index >= 15 is 0 Å². The number of rotatable bonds is 7. The van der Waals surface area contributed by atoms with Crippen molar-refractivity contribution in [1.82, 2.24) is 4.90 Å². The summed E-state index contributed by atoms with van der Waals surface area (Å²) in [7, 11) is 1.74. The molecule has 0 bridgehead atoms. The van der Waals surface area contributed by atoms with Gasteiger partial charge in [0, 0.05) is 39.0 Å². The average molecular weight is 246 g/mol. The highest BCUT2D eigenvalue weighted by Gasteiger charge is 2.15. The van der Waals surface area contributed by atoms with Crippen LogP contribution in [0.2, 0.25) is 0 Å². The SMILES string of the molecule is C=CCN(CCOC)Cc1cccc2c1NCC2. The van der Waals surface area contributed by atoms with Gasteiger partial charge in [-0.3, -0.25) is 4.90 Å². The molecule has 0 aromatic heterocycles. The second kappa shape index (κ2) is 6.57. The topological polar surface area (TPSA) is 24.5 Å². The molecular formula is C15H22N2O. The lowest BCUT2D eigenvalue weighted by Crippen LogP contribution is -2.27. The zero-order chi connectivity index (χ0) is 12.8. The minimum absolute atomic E-state index is 0.760. The Hall–Kier alpha value is -1.32. The summed E-state index contributed by atoms with van der Waals surface area (Å²) >= 11 is 0. The van der Waals surface area contributed by atoms with Gasteiger partial charge in [0.1, 0.15) is 0 Å². The van der Waals surface area contributed by atoms with E-state index in [0.29, 0.717) is 0 Å². The number of nitrogens with zero attached hydrogens (tertiary/aromatic N) is 1. The molecule has 3 heteroatoms.